The van der Waals surface area contributed by atoms with Crippen molar-refractivity contribution in [2.24, 2.45) is 17.8 Å². The standard InChI is InChI=1S/C15H20O4/c1-7-9-4-5-15(3,18)10-6-11(16)8(2)12(10)13(9)19-14(7)17/h7,9-10,13,18H,4-6H2,1-3H3/t7-,9-,10+,13?,15+/m0/s1. The predicted octanol–water partition coefficient (Wildman–Crippen LogP) is 1.61. The molecule has 3 rings (SSSR count). The number of rotatable bonds is 0. The van der Waals surface area contributed by atoms with Crippen LogP contribution in [-0.4, -0.2) is 28.6 Å². The maximum atomic E-state index is 12.0. The van der Waals surface area contributed by atoms with Gasteiger partial charge < -0.3 is 9.84 Å². The SMILES string of the molecule is CC1=C2C3OC(=O)[C@@H](C)[C@@H]3CC[C@@](C)(O)[C@@H]2CC1=O. The van der Waals surface area contributed by atoms with Crippen molar-refractivity contribution >= 4 is 11.8 Å². The maximum absolute atomic E-state index is 12.0. The van der Waals surface area contributed by atoms with Crippen molar-refractivity contribution in [3.8, 4) is 0 Å². The zero-order chi connectivity index (χ0) is 13.9. The minimum atomic E-state index is -0.876. The van der Waals surface area contributed by atoms with E-state index in [1.165, 1.54) is 0 Å². The fraction of sp³-hybridized carbons (Fsp3) is 0.733. The number of ether oxygens (including phenoxy) is 1. The van der Waals surface area contributed by atoms with E-state index in [-0.39, 0.29) is 35.6 Å². The molecule has 0 radical (unpaired) electrons. The van der Waals surface area contributed by atoms with E-state index in [2.05, 4.69) is 0 Å². The number of aliphatic hydroxyl groups is 1. The van der Waals surface area contributed by atoms with Gasteiger partial charge in [0.1, 0.15) is 6.10 Å². The van der Waals surface area contributed by atoms with Gasteiger partial charge in [0.15, 0.2) is 5.78 Å². The smallest absolute Gasteiger partial charge is 0.309 e. The molecule has 3 aliphatic rings. The van der Waals surface area contributed by atoms with Crippen LogP contribution in [0.2, 0.25) is 0 Å². The second-order valence-electron chi connectivity index (χ2n) is 6.47. The highest BCUT2D eigenvalue weighted by Crippen LogP contribution is 2.50. The highest BCUT2D eigenvalue weighted by molar-refractivity contribution is 5.99. The summed E-state index contributed by atoms with van der Waals surface area (Å²) >= 11 is 0. The van der Waals surface area contributed by atoms with Gasteiger partial charge in [0.05, 0.1) is 11.5 Å². The molecule has 1 saturated carbocycles. The second-order valence-corrected chi connectivity index (χ2v) is 6.47. The Labute approximate surface area is 112 Å². The number of carbonyl (C=O) groups is 2. The molecule has 1 N–H and O–H groups in total. The van der Waals surface area contributed by atoms with E-state index in [0.717, 1.165) is 12.0 Å². The monoisotopic (exact) mass is 264 g/mol. The molecule has 1 unspecified atom stereocenters. The van der Waals surface area contributed by atoms with Crippen molar-refractivity contribution in [3.05, 3.63) is 11.1 Å². The van der Waals surface area contributed by atoms with Crippen LogP contribution in [0.4, 0.5) is 0 Å². The number of allylic oxidation sites excluding steroid dienone is 1. The van der Waals surface area contributed by atoms with Crippen molar-refractivity contribution < 1.29 is 19.4 Å². The van der Waals surface area contributed by atoms with E-state index >= 15 is 0 Å². The number of esters is 1. The van der Waals surface area contributed by atoms with Gasteiger partial charge in [0.25, 0.3) is 0 Å². The highest BCUT2D eigenvalue weighted by Gasteiger charge is 2.54. The molecule has 4 nitrogen and oxygen atoms in total. The van der Waals surface area contributed by atoms with Gasteiger partial charge in [-0.25, -0.2) is 0 Å². The number of carbonyl (C=O) groups excluding carboxylic acids is 2. The fourth-order valence-corrected chi connectivity index (χ4v) is 3.92. The van der Waals surface area contributed by atoms with Gasteiger partial charge in [-0.05, 0) is 37.8 Å². The van der Waals surface area contributed by atoms with Crippen LogP contribution in [0.3, 0.4) is 0 Å². The highest BCUT2D eigenvalue weighted by atomic mass is 16.6. The molecule has 0 bridgehead atoms. The molecule has 1 saturated heterocycles. The average molecular weight is 264 g/mol. The minimum Gasteiger partial charge on any atom is -0.457 e. The summed E-state index contributed by atoms with van der Waals surface area (Å²) in [5.74, 6) is -0.324. The molecule has 0 aromatic heterocycles. The molecule has 5 atom stereocenters. The molecule has 0 spiro atoms. The molecule has 2 aliphatic carbocycles. The molecule has 4 heteroatoms. The van der Waals surface area contributed by atoms with Crippen LogP contribution in [0.25, 0.3) is 0 Å². The number of fused-ring (bicyclic) bond motifs is 3. The zero-order valence-corrected chi connectivity index (χ0v) is 11.6. The molecule has 0 aromatic rings. The number of hydrogen-bond donors (Lipinski definition) is 1. The normalized spacial score (nSPS) is 45.9. The van der Waals surface area contributed by atoms with Gasteiger partial charge in [0, 0.05) is 18.3 Å². The molecule has 19 heavy (non-hydrogen) atoms. The molecule has 2 fully saturated rings. The Morgan fingerprint density at radius 3 is 2.74 bits per heavy atom. The molecule has 1 aliphatic heterocycles. The number of Topliss-reactive ketones (excluding diaryl/α,β-unsaturated/α-hetero) is 1. The van der Waals surface area contributed by atoms with E-state index < -0.39 is 5.60 Å². The van der Waals surface area contributed by atoms with Crippen LogP contribution < -0.4 is 0 Å². The summed E-state index contributed by atoms with van der Waals surface area (Å²) < 4.78 is 5.52. The Hall–Kier alpha value is -1.16. The van der Waals surface area contributed by atoms with E-state index in [4.69, 9.17) is 4.74 Å². The van der Waals surface area contributed by atoms with Gasteiger partial charge in [-0.2, -0.15) is 0 Å². The van der Waals surface area contributed by atoms with Crippen LogP contribution in [0.1, 0.15) is 40.0 Å². The molecular weight excluding hydrogens is 244 g/mol. The lowest BCUT2D eigenvalue weighted by Gasteiger charge is -2.30. The Morgan fingerprint density at radius 1 is 1.37 bits per heavy atom. The van der Waals surface area contributed by atoms with Crippen LogP contribution in [0.5, 0.6) is 0 Å². The third-order valence-electron chi connectivity index (χ3n) is 5.30. The quantitative estimate of drug-likeness (QED) is 0.675. The van der Waals surface area contributed by atoms with Crippen LogP contribution in [0, 0.1) is 17.8 Å². The number of hydrogen-bond acceptors (Lipinski definition) is 4. The van der Waals surface area contributed by atoms with Gasteiger partial charge in [-0.15, -0.1) is 0 Å². The summed E-state index contributed by atoms with van der Waals surface area (Å²) in [7, 11) is 0. The first kappa shape index (κ1) is 12.9. The molecule has 0 aromatic carbocycles. The Morgan fingerprint density at radius 2 is 2.05 bits per heavy atom. The molecule has 0 amide bonds. The van der Waals surface area contributed by atoms with E-state index in [1.807, 2.05) is 6.92 Å². The zero-order valence-electron chi connectivity index (χ0n) is 11.6. The van der Waals surface area contributed by atoms with Crippen LogP contribution >= 0.6 is 0 Å². The summed E-state index contributed by atoms with van der Waals surface area (Å²) in [6.07, 6.45) is 1.44. The van der Waals surface area contributed by atoms with Crippen molar-refractivity contribution in [2.45, 2.75) is 51.7 Å². The van der Waals surface area contributed by atoms with Crippen molar-refractivity contribution in [1.29, 1.82) is 0 Å². The average Bonchev–Trinajstić information content (AvgIpc) is 2.74. The van der Waals surface area contributed by atoms with Crippen molar-refractivity contribution in [3.63, 3.8) is 0 Å². The summed E-state index contributed by atoms with van der Waals surface area (Å²) in [6.45, 7) is 5.48. The first-order valence-corrected chi connectivity index (χ1v) is 6.99. The summed E-state index contributed by atoms with van der Waals surface area (Å²) in [5, 5.41) is 10.6. The second kappa shape index (κ2) is 3.92. The van der Waals surface area contributed by atoms with Crippen LogP contribution in [-0.2, 0) is 14.3 Å². The van der Waals surface area contributed by atoms with Gasteiger partial charge >= 0.3 is 5.97 Å². The largest absolute Gasteiger partial charge is 0.457 e. The van der Waals surface area contributed by atoms with Crippen molar-refractivity contribution in [2.75, 3.05) is 0 Å². The first-order valence-electron chi connectivity index (χ1n) is 6.99. The van der Waals surface area contributed by atoms with E-state index in [9.17, 15) is 14.7 Å². The molecular formula is C15H20O4. The number of ketones is 1. The fourth-order valence-electron chi connectivity index (χ4n) is 3.92. The third-order valence-corrected chi connectivity index (χ3v) is 5.30. The Kier molecular flexibility index (Phi) is 2.65. The molecule has 104 valence electrons. The van der Waals surface area contributed by atoms with E-state index in [0.29, 0.717) is 18.4 Å². The Bertz CT molecular complexity index is 488. The lowest BCUT2D eigenvalue weighted by Crippen LogP contribution is -2.35. The minimum absolute atomic E-state index is 0.0801. The lowest BCUT2D eigenvalue weighted by atomic mass is 9.81. The first-order chi connectivity index (χ1) is 8.83. The predicted molar refractivity (Wildman–Crippen MR) is 68.2 cm³/mol. The van der Waals surface area contributed by atoms with Crippen molar-refractivity contribution in [1.82, 2.24) is 0 Å². The summed E-state index contributed by atoms with van der Waals surface area (Å²) in [6, 6.07) is 0. The lowest BCUT2D eigenvalue weighted by molar-refractivity contribution is -0.143. The topological polar surface area (TPSA) is 63.6 Å². The summed E-state index contributed by atoms with van der Waals surface area (Å²) in [4.78, 5) is 23.8. The van der Waals surface area contributed by atoms with Crippen LogP contribution in [0.15, 0.2) is 11.1 Å². The van der Waals surface area contributed by atoms with Gasteiger partial charge in [0.2, 0.25) is 0 Å². The maximum Gasteiger partial charge on any atom is 0.309 e. The Balaban J connectivity index is 2.10. The van der Waals surface area contributed by atoms with Gasteiger partial charge in [-0.3, -0.25) is 9.59 Å². The summed E-state index contributed by atoms with van der Waals surface area (Å²) in [5.41, 5.74) is 0.707. The van der Waals surface area contributed by atoms with Gasteiger partial charge in [-0.1, -0.05) is 6.92 Å². The van der Waals surface area contributed by atoms with E-state index in [1.54, 1.807) is 13.8 Å². The molecule has 1 heterocycles. The third kappa shape index (κ3) is 1.69.